The van der Waals surface area contributed by atoms with Crippen LogP contribution < -0.4 is 10.6 Å². The highest BCUT2D eigenvalue weighted by Crippen LogP contribution is 2.46. The van der Waals surface area contributed by atoms with Gasteiger partial charge >= 0.3 is 0 Å². The molecule has 0 aromatic heterocycles. The number of hydrogen-bond donors (Lipinski definition) is 0. The van der Waals surface area contributed by atoms with Crippen molar-refractivity contribution in [1.29, 1.82) is 0 Å². The Kier molecular flexibility index (Phi) is 7.70. The normalized spacial score (nSPS) is 20.1. The molecule has 4 aromatic rings. The average Bonchev–Trinajstić information content (AvgIpc) is 3.32. The number of hydrogen-bond acceptors (Lipinski definition) is 5. The lowest BCUT2D eigenvalue weighted by Gasteiger charge is -2.27. The van der Waals surface area contributed by atoms with Crippen LogP contribution in [0.5, 0.6) is 0 Å². The summed E-state index contributed by atoms with van der Waals surface area (Å²) in [6, 6.07) is 32.8. The van der Waals surface area contributed by atoms with E-state index in [0.717, 1.165) is 15.4 Å². The highest BCUT2D eigenvalue weighted by Gasteiger charge is 2.51. The summed E-state index contributed by atoms with van der Waals surface area (Å²) >= 11 is 0. The molecule has 1 heterocycles. The molecule has 200 valence electrons. The molecule has 0 aliphatic carbocycles. The minimum atomic E-state index is -4.13. The van der Waals surface area contributed by atoms with Crippen LogP contribution in [0.2, 0.25) is 0 Å². The molecule has 1 saturated heterocycles. The number of Topliss-reactive ketones (excluding diaryl/α,β-unsaturated/α-hetero) is 1. The van der Waals surface area contributed by atoms with Crippen molar-refractivity contribution in [3.05, 3.63) is 126 Å². The summed E-state index contributed by atoms with van der Waals surface area (Å²) in [7, 11) is -7.58. The second kappa shape index (κ2) is 11.0. The summed E-state index contributed by atoms with van der Waals surface area (Å²) in [5, 5.41) is 1.06. The molecule has 0 bridgehead atoms. The number of carbonyl (C=O) groups is 1. The van der Waals surface area contributed by atoms with Crippen LogP contribution in [0.1, 0.15) is 24.2 Å². The number of benzene rings is 4. The SMILES string of the molecule is Cc1ccc(S(=O)(=O)N2[C@H](C(=O)CP(=O)(c3ccccc3)c3ccccc3)O[C@H](c3ccccc3)[C@@H]2C)cc1. The molecular weight excluding hydrogens is 529 g/mol. The van der Waals surface area contributed by atoms with Crippen LogP contribution in [0.4, 0.5) is 0 Å². The molecule has 5 rings (SSSR count). The van der Waals surface area contributed by atoms with Crippen molar-refractivity contribution < 1.29 is 22.5 Å². The van der Waals surface area contributed by atoms with Crippen molar-refractivity contribution in [2.24, 2.45) is 0 Å². The Morgan fingerprint density at radius 3 is 1.79 bits per heavy atom. The highest BCUT2D eigenvalue weighted by atomic mass is 32.2. The van der Waals surface area contributed by atoms with Gasteiger partial charge in [-0.25, -0.2) is 8.42 Å². The van der Waals surface area contributed by atoms with E-state index in [4.69, 9.17) is 4.74 Å². The minimum Gasteiger partial charge on any atom is -0.345 e. The Labute approximate surface area is 229 Å². The molecule has 3 atom stereocenters. The molecule has 0 radical (unpaired) electrons. The van der Waals surface area contributed by atoms with Gasteiger partial charge in [-0.05, 0) is 31.5 Å². The lowest BCUT2D eigenvalue weighted by molar-refractivity contribution is -0.131. The maximum Gasteiger partial charge on any atom is 0.245 e. The van der Waals surface area contributed by atoms with E-state index in [0.29, 0.717) is 10.6 Å². The first-order valence-corrected chi connectivity index (χ1v) is 16.1. The van der Waals surface area contributed by atoms with E-state index >= 15 is 0 Å². The van der Waals surface area contributed by atoms with Crippen LogP contribution in [0.15, 0.2) is 120 Å². The van der Waals surface area contributed by atoms with Crippen molar-refractivity contribution in [1.82, 2.24) is 4.31 Å². The van der Waals surface area contributed by atoms with E-state index < -0.39 is 41.3 Å². The van der Waals surface area contributed by atoms with Gasteiger partial charge in [-0.3, -0.25) is 4.79 Å². The minimum absolute atomic E-state index is 0.0735. The van der Waals surface area contributed by atoms with E-state index in [9.17, 15) is 17.8 Å². The van der Waals surface area contributed by atoms with E-state index in [1.807, 2.05) is 49.4 Å². The predicted molar refractivity (Wildman–Crippen MR) is 153 cm³/mol. The Hall–Kier alpha value is -3.35. The Balaban J connectivity index is 1.57. The smallest absolute Gasteiger partial charge is 0.245 e. The third-order valence-electron chi connectivity index (χ3n) is 7.07. The number of nitrogens with zero attached hydrogens (tertiary/aromatic N) is 1. The maximum atomic E-state index is 14.6. The van der Waals surface area contributed by atoms with Crippen molar-refractivity contribution in [2.45, 2.75) is 37.1 Å². The van der Waals surface area contributed by atoms with Crippen molar-refractivity contribution in [2.75, 3.05) is 6.16 Å². The molecule has 1 aliphatic rings. The molecule has 0 spiro atoms. The van der Waals surface area contributed by atoms with Crippen LogP contribution in [0.3, 0.4) is 0 Å². The van der Waals surface area contributed by atoms with Gasteiger partial charge in [0, 0.05) is 10.6 Å². The van der Waals surface area contributed by atoms with E-state index in [1.165, 1.54) is 12.1 Å². The monoisotopic (exact) mass is 559 g/mol. The zero-order chi connectivity index (χ0) is 27.6. The zero-order valence-corrected chi connectivity index (χ0v) is 23.5. The fourth-order valence-electron chi connectivity index (χ4n) is 5.02. The largest absolute Gasteiger partial charge is 0.345 e. The van der Waals surface area contributed by atoms with Gasteiger partial charge in [-0.2, -0.15) is 4.31 Å². The topological polar surface area (TPSA) is 80.8 Å². The fraction of sp³-hybridized carbons (Fsp3) is 0.194. The molecule has 4 aromatic carbocycles. The Morgan fingerprint density at radius 1 is 0.795 bits per heavy atom. The fourth-order valence-corrected chi connectivity index (χ4v) is 9.28. The van der Waals surface area contributed by atoms with Gasteiger partial charge in [-0.15, -0.1) is 0 Å². The van der Waals surface area contributed by atoms with E-state index in [2.05, 4.69) is 0 Å². The molecule has 0 N–H and O–H groups in total. The molecule has 1 aliphatic heterocycles. The molecule has 6 nitrogen and oxygen atoms in total. The van der Waals surface area contributed by atoms with Crippen LogP contribution >= 0.6 is 7.14 Å². The number of aryl methyl sites for hydroxylation is 1. The first-order chi connectivity index (χ1) is 18.7. The molecular formula is C31H30NO5PS. The number of sulfonamides is 1. The maximum absolute atomic E-state index is 14.6. The van der Waals surface area contributed by atoms with Crippen molar-refractivity contribution >= 4 is 33.6 Å². The number of ketones is 1. The van der Waals surface area contributed by atoms with E-state index in [-0.39, 0.29) is 11.1 Å². The van der Waals surface area contributed by atoms with Crippen LogP contribution in [-0.2, 0) is 24.1 Å². The third-order valence-corrected chi connectivity index (χ3v) is 12.0. The van der Waals surface area contributed by atoms with E-state index in [1.54, 1.807) is 67.6 Å². The summed E-state index contributed by atoms with van der Waals surface area (Å²) in [5.74, 6) is -0.549. The van der Waals surface area contributed by atoms with Crippen molar-refractivity contribution in [3.63, 3.8) is 0 Å². The molecule has 39 heavy (non-hydrogen) atoms. The number of rotatable bonds is 8. The molecule has 0 unspecified atom stereocenters. The summed E-state index contributed by atoms with van der Waals surface area (Å²) in [6.07, 6.45) is -2.48. The van der Waals surface area contributed by atoms with Crippen LogP contribution in [0.25, 0.3) is 0 Å². The third kappa shape index (κ3) is 5.28. The molecule has 1 fully saturated rings. The summed E-state index contributed by atoms with van der Waals surface area (Å²) in [5.41, 5.74) is 1.68. The van der Waals surface area contributed by atoms with Gasteiger partial charge < -0.3 is 9.30 Å². The second-order valence-electron chi connectivity index (χ2n) is 9.74. The standard InChI is InChI=1S/C31H30NO5PS/c1-23-18-20-28(21-19-23)39(35,36)32-24(2)30(25-12-6-3-7-13-25)37-31(32)29(33)22-38(34,26-14-8-4-9-15-26)27-16-10-5-11-17-27/h3-21,24,30-31H,22H2,1-2H3/t24-,30-,31-/m0/s1. The van der Waals surface area contributed by atoms with Gasteiger partial charge in [0.2, 0.25) is 10.0 Å². The number of carbonyl (C=O) groups excluding carboxylic acids is 1. The van der Waals surface area contributed by atoms with Crippen molar-refractivity contribution in [3.8, 4) is 0 Å². The molecule has 0 amide bonds. The Morgan fingerprint density at radius 2 is 1.28 bits per heavy atom. The van der Waals surface area contributed by atoms with Crippen LogP contribution in [0, 0.1) is 6.92 Å². The first-order valence-electron chi connectivity index (χ1n) is 12.8. The number of ether oxygens (including phenoxy) is 1. The van der Waals surface area contributed by atoms with Gasteiger partial charge in [0.15, 0.2) is 19.2 Å². The summed E-state index contributed by atoms with van der Waals surface area (Å²) < 4.78 is 50.0. The molecule has 8 heteroatoms. The zero-order valence-electron chi connectivity index (χ0n) is 21.8. The highest BCUT2D eigenvalue weighted by molar-refractivity contribution is 7.89. The van der Waals surface area contributed by atoms with Gasteiger partial charge in [0.1, 0.15) is 6.10 Å². The van der Waals surface area contributed by atoms with Crippen LogP contribution in [-0.4, -0.2) is 36.9 Å². The van der Waals surface area contributed by atoms with Gasteiger partial charge in [0.05, 0.1) is 17.1 Å². The quantitative estimate of drug-likeness (QED) is 0.282. The lowest BCUT2D eigenvalue weighted by atomic mass is 10.0. The summed E-state index contributed by atoms with van der Waals surface area (Å²) in [6.45, 7) is 3.62. The lowest BCUT2D eigenvalue weighted by Crippen LogP contribution is -2.46. The first kappa shape index (κ1) is 27.2. The Bertz CT molecular complexity index is 1550. The molecule has 0 saturated carbocycles. The van der Waals surface area contributed by atoms with Gasteiger partial charge in [0.25, 0.3) is 0 Å². The predicted octanol–water partition coefficient (Wildman–Crippen LogP) is 5.06. The van der Waals surface area contributed by atoms with Gasteiger partial charge in [-0.1, -0.05) is 109 Å². The second-order valence-corrected chi connectivity index (χ2v) is 14.4. The average molecular weight is 560 g/mol. The summed E-state index contributed by atoms with van der Waals surface area (Å²) in [4.78, 5) is 14.1.